The fourth-order valence-electron chi connectivity index (χ4n) is 2.92. The van der Waals surface area contributed by atoms with E-state index in [1.165, 1.54) is 0 Å². The number of ether oxygens (including phenoxy) is 1. The average Bonchev–Trinajstić information content (AvgIpc) is 2.82. The van der Waals surface area contributed by atoms with E-state index in [0.717, 1.165) is 19.3 Å². The van der Waals surface area contributed by atoms with E-state index in [-0.39, 0.29) is 36.0 Å². The predicted octanol–water partition coefficient (Wildman–Crippen LogP) is 2.81. The van der Waals surface area contributed by atoms with Gasteiger partial charge in [-0.1, -0.05) is 12.8 Å². The van der Waals surface area contributed by atoms with Gasteiger partial charge >= 0.3 is 13.1 Å². The van der Waals surface area contributed by atoms with Crippen molar-refractivity contribution in [2.45, 2.75) is 70.9 Å². The maximum Gasteiger partial charge on any atom is 0.462 e. The zero-order chi connectivity index (χ0) is 14.3. The zero-order valence-corrected chi connectivity index (χ0v) is 12.7. The van der Waals surface area contributed by atoms with Crippen molar-refractivity contribution in [2.24, 2.45) is 5.92 Å². The van der Waals surface area contributed by atoms with E-state index >= 15 is 0 Å². The molecule has 0 spiro atoms. The number of esters is 1. The molecule has 1 saturated heterocycles. The highest BCUT2D eigenvalue weighted by Crippen LogP contribution is 2.47. The predicted molar refractivity (Wildman–Crippen MR) is 73.8 cm³/mol. The number of rotatable bonds is 3. The van der Waals surface area contributed by atoms with Crippen LogP contribution in [0.1, 0.15) is 53.9 Å². The fraction of sp³-hybridized carbons (Fsp3) is 0.929. The molecule has 0 aromatic heterocycles. The summed E-state index contributed by atoms with van der Waals surface area (Å²) >= 11 is 0. The van der Waals surface area contributed by atoms with Gasteiger partial charge in [0.25, 0.3) is 0 Å². The molecule has 1 heterocycles. The molecule has 19 heavy (non-hydrogen) atoms. The van der Waals surface area contributed by atoms with Crippen LogP contribution in [-0.4, -0.2) is 30.9 Å². The van der Waals surface area contributed by atoms with Gasteiger partial charge in [0.05, 0.1) is 23.7 Å². The lowest BCUT2D eigenvalue weighted by Crippen LogP contribution is -2.41. The SMILES string of the molecule is CCOC(=O)[C@H]1CCC[C@H]1B1OC(C)(C)C(C)(C)O1. The van der Waals surface area contributed by atoms with Gasteiger partial charge in [0.15, 0.2) is 0 Å². The quantitative estimate of drug-likeness (QED) is 0.583. The molecule has 2 atom stereocenters. The monoisotopic (exact) mass is 268 g/mol. The van der Waals surface area contributed by atoms with Crippen LogP contribution in [0.15, 0.2) is 0 Å². The van der Waals surface area contributed by atoms with E-state index in [9.17, 15) is 4.79 Å². The standard InChI is InChI=1S/C14H25BO4/c1-6-17-12(16)10-8-7-9-11(10)15-18-13(2,3)14(4,5)19-15/h10-11H,6-9H2,1-5H3/t10-,11+/m0/s1. The molecule has 108 valence electrons. The summed E-state index contributed by atoms with van der Waals surface area (Å²) < 4.78 is 17.3. The maximum atomic E-state index is 12.0. The van der Waals surface area contributed by atoms with Gasteiger partial charge in [-0.25, -0.2) is 0 Å². The van der Waals surface area contributed by atoms with Crippen LogP contribution in [-0.2, 0) is 18.8 Å². The minimum absolute atomic E-state index is 0.0744. The molecule has 1 aliphatic heterocycles. The molecule has 2 aliphatic rings. The minimum atomic E-state index is -0.334. The Labute approximate surface area is 116 Å². The van der Waals surface area contributed by atoms with Gasteiger partial charge in [-0.15, -0.1) is 0 Å². The van der Waals surface area contributed by atoms with E-state index in [4.69, 9.17) is 14.0 Å². The van der Waals surface area contributed by atoms with Crippen molar-refractivity contribution in [1.29, 1.82) is 0 Å². The maximum absolute atomic E-state index is 12.0. The first-order chi connectivity index (χ1) is 8.78. The second-order valence-corrected chi connectivity index (χ2v) is 6.58. The van der Waals surface area contributed by atoms with Crippen LogP contribution in [0, 0.1) is 5.92 Å². The van der Waals surface area contributed by atoms with E-state index < -0.39 is 0 Å². The van der Waals surface area contributed by atoms with Gasteiger partial charge in [0, 0.05) is 5.82 Å². The highest BCUT2D eigenvalue weighted by Gasteiger charge is 2.56. The van der Waals surface area contributed by atoms with E-state index in [0.29, 0.717) is 6.61 Å². The number of hydrogen-bond donors (Lipinski definition) is 0. The van der Waals surface area contributed by atoms with Crippen molar-refractivity contribution in [3.8, 4) is 0 Å². The molecule has 2 rings (SSSR count). The molecular weight excluding hydrogens is 243 g/mol. The third-order valence-corrected chi connectivity index (χ3v) is 4.78. The Kier molecular flexibility index (Phi) is 3.98. The molecule has 0 bridgehead atoms. The summed E-state index contributed by atoms with van der Waals surface area (Å²) in [6.45, 7) is 10.5. The van der Waals surface area contributed by atoms with E-state index in [2.05, 4.69) is 0 Å². The van der Waals surface area contributed by atoms with E-state index in [1.54, 1.807) is 0 Å². The summed E-state index contributed by atoms with van der Waals surface area (Å²) in [5.74, 6) is -0.0468. The average molecular weight is 268 g/mol. The van der Waals surface area contributed by atoms with Crippen LogP contribution in [0.3, 0.4) is 0 Å². The number of carbonyl (C=O) groups is 1. The molecule has 0 amide bonds. The molecule has 2 fully saturated rings. The van der Waals surface area contributed by atoms with Crippen LogP contribution in [0.25, 0.3) is 0 Å². The lowest BCUT2D eigenvalue weighted by Gasteiger charge is -2.32. The van der Waals surface area contributed by atoms with Gasteiger partial charge in [0.2, 0.25) is 0 Å². The highest BCUT2D eigenvalue weighted by atomic mass is 16.7. The number of carbonyl (C=O) groups excluding carboxylic acids is 1. The van der Waals surface area contributed by atoms with Crippen LogP contribution < -0.4 is 0 Å². The summed E-state index contributed by atoms with van der Waals surface area (Å²) in [6.07, 6.45) is 2.89. The van der Waals surface area contributed by atoms with Crippen molar-refractivity contribution >= 4 is 13.1 Å². The first-order valence-corrected chi connectivity index (χ1v) is 7.31. The van der Waals surface area contributed by atoms with E-state index in [1.807, 2.05) is 34.6 Å². The molecule has 0 radical (unpaired) electrons. The van der Waals surface area contributed by atoms with Crippen LogP contribution >= 0.6 is 0 Å². The molecule has 0 aromatic carbocycles. The lowest BCUT2D eigenvalue weighted by atomic mass is 9.66. The molecular formula is C14H25BO4. The first kappa shape index (κ1) is 14.9. The Morgan fingerprint density at radius 2 is 1.79 bits per heavy atom. The molecule has 4 nitrogen and oxygen atoms in total. The summed E-state index contributed by atoms with van der Waals surface area (Å²) in [7, 11) is -0.290. The molecule has 0 unspecified atom stereocenters. The highest BCUT2D eigenvalue weighted by molar-refractivity contribution is 6.48. The fourth-order valence-corrected chi connectivity index (χ4v) is 2.92. The Morgan fingerprint density at radius 3 is 2.32 bits per heavy atom. The lowest BCUT2D eigenvalue weighted by molar-refractivity contribution is -0.147. The second kappa shape index (κ2) is 5.10. The molecule has 0 N–H and O–H groups in total. The summed E-state index contributed by atoms with van der Waals surface area (Å²) in [5.41, 5.74) is -0.668. The third kappa shape index (κ3) is 2.68. The smallest absolute Gasteiger partial charge is 0.462 e. The molecule has 1 saturated carbocycles. The van der Waals surface area contributed by atoms with Crippen LogP contribution in [0.4, 0.5) is 0 Å². The van der Waals surface area contributed by atoms with Crippen molar-refractivity contribution in [3.63, 3.8) is 0 Å². The Morgan fingerprint density at radius 1 is 1.21 bits per heavy atom. The normalized spacial score (nSPS) is 32.6. The zero-order valence-electron chi connectivity index (χ0n) is 12.7. The van der Waals surface area contributed by atoms with Gasteiger partial charge in [0.1, 0.15) is 0 Å². The third-order valence-electron chi connectivity index (χ3n) is 4.78. The second-order valence-electron chi connectivity index (χ2n) is 6.58. The van der Waals surface area contributed by atoms with Crippen LogP contribution in [0.2, 0.25) is 5.82 Å². The van der Waals surface area contributed by atoms with Crippen molar-refractivity contribution in [1.82, 2.24) is 0 Å². The van der Waals surface area contributed by atoms with Crippen molar-refractivity contribution in [2.75, 3.05) is 6.61 Å². The summed E-state index contributed by atoms with van der Waals surface area (Å²) in [6, 6.07) is 0. The minimum Gasteiger partial charge on any atom is -0.466 e. The number of hydrogen-bond acceptors (Lipinski definition) is 4. The van der Waals surface area contributed by atoms with Gasteiger partial charge in [-0.05, 0) is 41.0 Å². The molecule has 1 aliphatic carbocycles. The van der Waals surface area contributed by atoms with Crippen molar-refractivity contribution in [3.05, 3.63) is 0 Å². The van der Waals surface area contributed by atoms with Crippen LogP contribution in [0.5, 0.6) is 0 Å². The van der Waals surface area contributed by atoms with Crippen molar-refractivity contribution < 1.29 is 18.8 Å². The summed E-state index contributed by atoms with van der Waals surface area (Å²) in [4.78, 5) is 12.0. The summed E-state index contributed by atoms with van der Waals surface area (Å²) in [5, 5.41) is 0. The van der Waals surface area contributed by atoms with Gasteiger partial charge in [-0.2, -0.15) is 0 Å². The Balaban J connectivity index is 2.08. The first-order valence-electron chi connectivity index (χ1n) is 7.31. The Bertz CT molecular complexity index is 337. The topological polar surface area (TPSA) is 44.8 Å². The van der Waals surface area contributed by atoms with Gasteiger partial charge in [-0.3, -0.25) is 4.79 Å². The largest absolute Gasteiger partial charge is 0.466 e. The molecule has 5 heteroatoms. The Hall–Kier alpha value is -0.545. The van der Waals surface area contributed by atoms with Gasteiger partial charge < -0.3 is 14.0 Å². The molecule has 0 aromatic rings.